The number of nitrogens with one attached hydrogen (secondary N) is 1. The van der Waals surface area contributed by atoms with Crippen LogP contribution < -0.4 is 5.32 Å². The van der Waals surface area contributed by atoms with Gasteiger partial charge >= 0.3 is 0 Å². The molecule has 2 heterocycles. The molecule has 2 aliphatic rings. The number of carbonyl (C=O) groups is 1. The van der Waals surface area contributed by atoms with E-state index in [4.69, 9.17) is 18.9 Å². The second-order valence-electron chi connectivity index (χ2n) is 23.9. The van der Waals surface area contributed by atoms with E-state index in [1.807, 2.05) is 6.08 Å². The SMILES string of the molecule is CC/C=C\C/C=C\C/C=C\C/C=C\C/C=C\C/C=C\C/C=C\C/C=C\C/C=C\C/C=C\CCCCCCCCCCC(=O)NC(COC1OC(CO)C(OC2OC(CO)C(O)C(O)C2O)C(O)C1O)C(O)/C=C/CC/C=C/CC/C=C/CCCCCCCCCC. The highest BCUT2D eigenvalue weighted by atomic mass is 16.7. The fraction of sp³-hybridized carbons (Fsp3) is 0.649. The average molecular weight is 1270 g/mol. The molecular weight excluding hydrogens is 1150 g/mol. The molecule has 0 saturated carbocycles. The van der Waals surface area contributed by atoms with Gasteiger partial charge in [0.15, 0.2) is 12.6 Å². The molecule has 2 saturated heterocycles. The van der Waals surface area contributed by atoms with Gasteiger partial charge in [-0.05, 0) is 122 Å². The number of aliphatic hydroxyl groups excluding tert-OH is 8. The molecular formula is C77H125NO13. The Morgan fingerprint density at radius 1 is 0.407 bits per heavy atom. The lowest BCUT2D eigenvalue weighted by molar-refractivity contribution is -0.359. The fourth-order valence-electron chi connectivity index (χ4n) is 10.4. The molecule has 2 rings (SSSR count). The van der Waals surface area contributed by atoms with E-state index in [0.717, 1.165) is 122 Å². The summed E-state index contributed by atoms with van der Waals surface area (Å²) < 4.78 is 22.8. The van der Waals surface area contributed by atoms with Crippen LogP contribution in [0.1, 0.15) is 226 Å². The van der Waals surface area contributed by atoms with Crippen molar-refractivity contribution in [2.75, 3.05) is 19.8 Å². The Balaban J connectivity index is 1.67. The predicted octanol–water partition coefficient (Wildman–Crippen LogP) is 14.6. The van der Waals surface area contributed by atoms with Crippen molar-refractivity contribution in [3.63, 3.8) is 0 Å². The van der Waals surface area contributed by atoms with Crippen LogP contribution in [0.3, 0.4) is 0 Å². The van der Waals surface area contributed by atoms with Gasteiger partial charge in [0.05, 0.1) is 32.0 Å². The van der Waals surface area contributed by atoms with E-state index in [-0.39, 0.29) is 18.9 Å². The van der Waals surface area contributed by atoms with Gasteiger partial charge in [0.2, 0.25) is 5.91 Å². The number of rotatable bonds is 55. The zero-order chi connectivity index (χ0) is 65.9. The second kappa shape index (κ2) is 59.4. The molecule has 14 nitrogen and oxygen atoms in total. The van der Waals surface area contributed by atoms with Crippen molar-refractivity contribution >= 4 is 5.91 Å². The van der Waals surface area contributed by atoms with E-state index in [9.17, 15) is 45.6 Å². The van der Waals surface area contributed by atoms with Crippen LogP contribution in [0.2, 0.25) is 0 Å². The van der Waals surface area contributed by atoms with Gasteiger partial charge in [-0.2, -0.15) is 0 Å². The van der Waals surface area contributed by atoms with E-state index in [2.05, 4.69) is 165 Å². The molecule has 12 unspecified atom stereocenters. The number of hydrogen-bond acceptors (Lipinski definition) is 13. The number of aliphatic hydroxyl groups is 8. The Morgan fingerprint density at radius 2 is 0.769 bits per heavy atom. The van der Waals surface area contributed by atoms with Crippen LogP contribution in [0.25, 0.3) is 0 Å². The molecule has 0 radical (unpaired) electrons. The molecule has 14 heteroatoms. The van der Waals surface area contributed by atoms with Gasteiger partial charge in [-0.25, -0.2) is 0 Å². The standard InChI is InChI=1S/C77H125NO13/c1-3-5-7-9-11-13-15-17-19-21-23-24-25-26-27-28-29-30-31-32-33-34-35-36-37-38-39-40-41-42-43-45-47-49-51-53-55-57-59-61-69(82)78-65(66(81)60-58-56-54-52-50-48-46-44-22-20-18-16-14-12-10-8-6-4-2)64-88-76-74(87)72(85)75(68(63-80)90-76)91-77-73(86)71(84)70(83)67(62-79)89-77/h5,7,11,13,17,19,22-24,26-27,29-30,32-33,35-36,38-39,41-42,44,50,52,58,60,65-68,70-77,79-81,83-87H,3-4,6,8-10,12,14-16,18,20-21,25,28,31,34,37,40,43,45-49,51,53-57,59,61-64H2,1-2H3,(H,78,82)/b7-5-,13-11-,19-17-,24-23-,27-26-,30-29-,33-32-,36-35-,39-38-,42-41-,44-22+,52-50+,60-58+. The molecule has 9 N–H and O–H groups in total. The zero-order valence-electron chi connectivity index (χ0n) is 56.0. The summed E-state index contributed by atoms with van der Waals surface area (Å²) in [5.74, 6) is -0.269. The van der Waals surface area contributed by atoms with Gasteiger partial charge < -0.3 is 65.1 Å². The quantitative estimate of drug-likeness (QED) is 0.0204. The molecule has 2 fully saturated rings. The predicted molar refractivity (Wildman–Crippen MR) is 373 cm³/mol. The fourth-order valence-corrected chi connectivity index (χ4v) is 10.4. The summed E-state index contributed by atoms with van der Waals surface area (Å²) in [5, 5.41) is 87.3. The summed E-state index contributed by atoms with van der Waals surface area (Å²) >= 11 is 0. The lowest BCUT2D eigenvalue weighted by Crippen LogP contribution is -2.65. The first-order valence-electron chi connectivity index (χ1n) is 35.2. The first-order chi connectivity index (χ1) is 44.6. The van der Waals surface area contributed by atoms with Gasteiger partial charge in [-0.1, -0.05) is 255 Å². The van der Waals surface area contributed by atoms with Gasteiger partial charge in [-0.3, -0.25) is 4.79 Å². The average Bonchev–Trinajstić information content (AvgIpc) is 1.19. The largest absolute Gasteiger partial charge is 0.394 e. The molecule has 0 spiro atoms. The van der Waals surface area contributed by atoms with Crippen LogP contribution in [0.15, 0.2) is 158 Å². The minimum absolute atomic E-state index is 0.250. The first-order valence-corrected chi connectivity index (χ1v) is 35.2. The van der Waals surface area contributed by atoms with Crippen molar-refractivity contribution < 1.29 is 64.6 Å². The van der Waals surface area contributed by atoms with Crippen molar-refractivity contribution in [3.05, 3.63) is 158 Å². The Kier molecular flexibility index (Phi) is 53.9. The Hall–Kier alpha value is -4.39. The molecule has 1 amide bonds. The highest BCUT2D eigenvalue weighted by Gasteiger charge is 2.51. The highest BCUT2D eigenvalue weighted by Crippen LogP contribution is 2.30. The molecule has 516 valence electrons. The lowest BCUT2D eigenvalue weighted by Gasteiger charge is -2.46. The van der Waals surface area contributed by atoms with Crippen LogP contribution >= 0.6 is 0 Å². The van der Waals surface area contributed by atoms with Crippen molar-refractivity contribution in [2.24, 2.45) is 0 Å². The maximum absolute atomic E-state index is 13.3. The number of amides is 1. The van der Waals surface area contributed by atoms with Crippen molar-refractivity contribution in [1.82, 2.24) is 5.32 Å². The highest BCUT2D eigenvalue weighted by molar-refractivity contribution is 5.76. The van der Waals surface area contributed by atoms with Crippen LogP contribution in [0.4, 0.5) is 0 Å². The van der Waals surface area contributed by atoms with Crippen LogP contribution in [-0.4, -0.2) is 140 Å². The van der Waals surface area contributed by atoms with E-state index >= 15 is 0 Å². The smallest absolute Gasteiger partial charge is 0.220 e. The van der Waals surface area contributed by atoms with Crippen LogP contribution in [-0.2, 0) is 23.7 Å². The molecule has 0 aromatic carbocycles. The van der Waals surface area contributed by atoms with E-state index in [1.54, 1.807) is 6.08 Å². The van der Waals surface area contributed by atoms with Crippen molar-refractivity contribution in [1.29, 1.82) is 0 Å². The maximum atomic E-state index is 13.3. The van der Waals surface area contributed by atoms with Gasteiger partial charge in [0, 0.05) is 6.42 Å². The monoisotopic (exact) mass is 1270 g/mol. The Morgan fingerprint density at radius 3 is 1.21 bits per heavy atom. The van der Waals surface area contributed by atoms with E-state index in [0.29, 0.717) is 12.8 Å². The molecule has 91 heavy (non-hydrogen) atoms. The molecule has 0 aromatic rings. The number of unbranched alkanes of at least 4 members (excludes halogenated alkanes) is 18. The summed E-state index contributed by atoms with van der Waals surface area (Å²) in [4.78, 5) is 13.3. The van der Waals surface area contributed by atoms with Gasteiger partial charge in [0.1, 0.15) is 48.8 Å². The number of carbonyl (C=O) groups excluding carboxylic acids is 1. The third kappa shape index (κ3) is 43.3. The number of allylic oxidation sites excluding steroid dienone is 25. The van der Waals surface area contributed by atoms with Gasteiger partial charge in [0.25, 0.3) is 0 Å². The Bertz CT molecular complexity index is 2140. The summed E-state index contributed by atoms with van der Waals surface area (Å²) in [6.45, 7) is 2.64. The van der Waals surface area contributed by atoms with E-state index in [1.165, 1.54) is 70.6 Å². The Labute approximate surface area is 550 Å². The summed E-state index contributed by atoms with van der Waals surface area (Å²) in [6.07, 6.45) is 74.3. The van der Waals surface area contributed by atoms with Crippen LogP contribution in [0, 0.1) is 0 Å². The minimum atomic E-state index is -1.80. The molecule has 0 aromatic heterocycles. The zero-order valence-corrected chi connectivity index (χ0v) is 56.0. The summed E-state index contributed by atoms with van der Waals surface area (Å²) in [7, 11) is 0. The molecule has 0 bridgehead atoms. The van der Waals surface area contributed by atoms with Crippen molar-refractivity contribution in [2.45, 2.75) is 299 Å². The third-order valence-electron chi connectivity index (χ3n) is 15.9. The number of hydrogen-bond donors (Lipinski definition) is 9. The number of ether oxygens (including phenoxy) is 4. The normalized spacial score (nSPS) is 23.8. The molecule has 0 aliphatic carbocycles. The third-order valence-corrected chi connectivity index (χ3v) is 15.9. The van der Waals surface area contributed by atoms with Crippen LogP contribution in [0.5, 0.6) is 0 Å². The second-order valence-corrected chi connectivity index (χ2v) is 23.9. The van der Waals surface area contributed by atoms with E-state index < -0.39 is 86.8 Å². The summed E-state index contributed by atoms with van der Waals surface area (Å²) in [5.41, 5.74) is 0. The lowest BCUT2D eigenvalue weighted by atomic mass is 9.97. The maximum Gasteiger partial charge on any atom is 0.220 e. The minimum Gasteiger partial charge on any atom is -0.394 e. The van der Waals surface area contributed by atoms with Gasteiger partial charge in [-0.15, -0.1) is 0 Å². The topological polar surface area (TPSA) is 228 Å². The molecule has 12 atom stereocenters. The molecule has 2 aliphatic heterocycles. The summed E-state index contributed by atoms with van der Waals surface area (Å²) in [6, 6.07) is -0.955. The first kappa shape index (κ1) is 82.7. The van der Waals surface area contributed by atoms with Crippen molar-refractivity contribution in [3.8, 4) is 0 Å².